The average Bonchev–Trinajstić information content (AvgIpc) is 3.01. The zero-order chi connectivity index (χ0) is 29.1. The van der Waals surface area contributed by atoms with Gasteiger partial charge in [0.1, 0.15) is 11.5 Å². The van der Waals surface area contributed by atoms with Crippen LogP contribution in [0.2, 0.25) is 0 Å². The van der Waals surface area contributed by atoms with Crippen LogP contribution in [0.25, 0.3) is 11.1 Å². The van der Waals surface area contributed by atoms with E-state index in [1.807, 2.05) is 42.5 Å². The number of carbonyl (C=O) groups is 2. The molecule has 218 valence electrons. The molecule has 3 rings (SSSR count). The first-order valence-corrected chi connectivity index (χ1v) is 15.5. The summed E-state index contributed by atoms with van der Waals surface area (Å²) in [6.07, 6.45) is 18.2. The Hall–Kier alpha value is -3.66. The van der Waals surface area contributed by atoms with E-state index < -0.39 is 5.97 Å². The summed E-state index contributed by atoms with van der Waals surface area (Å²) in [5.74, 6) is 0.812. The lowest BCUT2D eigenvalue weighted by Gasteiger charge is -2.09. The van der Waals surface area contributed by atoms with Crippen molar-refractivity contribution in [1.29, 1.82) is 0 Å². The number of rotatable bonds is 19. The molecule has 0 aliphatic carbocycles. The molecule has 0 radical (unpaired) electrons. The van der Waals surface area contributed by atoms with Crippen LogP contribution in [0.3, 0.4) is 0 Å². The topological polar surface area (TPSA) is 52.6 Å². The van der Waals surface area contributed by atoms with Gasteiger partial charge in [-0.25, -0.2) is 4.79 Å². The number of ether oxygens (including phenoxy) is 2. The molecule has 0 heterocycles. The molecule has 0 atom stereocenters. The van der Waals surface area contributed by atoms with Crippen molar-refractivity contribution in [3.05, 3.63) is 96.1 Å². The summed E-state index contributed by atoms with van der Waals surface area (Å²) in [6, 6.07) is 22.1. The lowest BCUT2D eigenvalue weighted by Crippen LogP contribution is -2.08. The number of benzene rings is 3. The Balaban J connectivity index is 1.42. The van der Waals surface area contributed by atoms with Gasteiger partial charge in [0.2, 0.25) is 0 Å². The van der Waals surface area contributed by atoms with Crippen molar-refractivity contribution >= 4 is 11.8 Å². The molecule has 0 amide bonds. The van der Waals surface area contributed by atoms with Gasteiger partial charge in [-0.15, -0.1) is 0 Å². The highest BCUT2D eigenvalue weighted by molar-refractivity contribution is 6.04. The van der Waals surface area contributed by atoms with Gasteiger partial charge in [-0.3, -0.25) is 4.79 Å². The van der Waals surface area contributed by atoms with E-state index in [9.17, 15) is 9.59 Å². The van der Waals surface area contributed by atoms with Crippen LogP contribution in [0.1, 0.15) is 112 Å². The molecule has 0 saturated carbocycles. The predicted octanol–water partition coefficient (Wildman–Crippen LogP) is 10.4. The average molecular weight is 555 g/mol. The van der Waals surface area contributed by atoms with Crippen molar-refractivity contribution < 1.29 is 19.1 Å². The monoisotopic (exact) mass is 554 g/mol. The molecule has 0 saturated heterocycles. The second kappa shape index (κ2) is 18.6. The fraction of sp³-hybridized carbons (Fsp3) is 0.405. The van der Waals surface area contributed by atoms with Crippen LogP contribution in [0.5, 0.6) is 11.5 Å². The summed E-state index contributed by atoms with van der Waals surface area (Å²) in [5.41, 5.74) is 3.12. The van der Waals surface area contributed by atoms with Crippen molar-refractivity contribution in [2.24, 2.45) is 0 Å². The molecular weight excluding hydrogens is 508 g/mol. The second-order valence-corrected chi connectivity index (χ2v) is 10.6. The normalized spacial score (nSPS) is 11.1. The Morgan fingerprint density at radius 3 is 1.73 bits per heavy atom. The van der Waals surface area contributed by atoms with Gasteiger partial charge < -0.3 is 9.47 Å². The maximum absolute atomic E-state index is 12.7. The number of hydrogen-bond donors (Lipinski definition) is 0. The Morgan fingerprint density at radius 2 is 1.10 bits per heavy atom. The van der Waals surface area contributed by atoms with Crippen LogP contribution in [0.4, 0.5) is 0 Å². The van der Waals surface area contributed by atoms with E-state index in [0.717, 1.165) is 49.2 Å². The minimum Gasteiger partial charge on any atom is -0.494 e. The van der Waals surface area contributed by atoms with Crippen molar-refractivity contribution in [3.8, 4) is 22.6 Å². The molecule has 0 spiro atoms. The molecular formula is C37H46O4. The molecule has 0 unspecified atom stereocenters. The zero-order valence-electron chi connectivity index (χ0n) is 24.9. The molecule has 0 aliphatic heterocycles. The van der Waals surface area contributed by atoms with Gasteiger partial charge in [0.05, 0.1) is 12.2 Å². The first kappa shape index (κ1) is 31.9. The van der Waals surface area contributed by atoms with Crippen molar-refractivity contribution in [3.63, 3.8) is 0 Å². The Bertz CT molecular complexity index is 1190. The Kier molecular flexibility index (Phi) is 14.5. The molecule has 3 aromatic rings. The van der Waals surface area contributed by atoms with E-state index >= 15 is 0 Å². The van der Waals surface area contributed by atoms with E-state index in [4.69, 9.17) is 9.47 Å². The minimum atomic E-state index is -0.434. The van der Waals surface area contributed by atoms with E-state index in [0.29, 0.717) is 16.9 Å². The summed E-state index contributed by atoms with van der Waals surface area (Å²) >= 11 is 0. The molecule has 4 nitrogen and oxygen atoms in total. The molecule has 41 heavy (non-hydrogen) atoms. The smallest absolute Gasteiger partial charge is 0.343 e. The summed E-state index contributed by atoms with van der Waals surface area (Å²) in [7, 11) is 0. The minimum absolute atomic E-state index is 0.0435. The first-order valence-electron chi connectivity index (χ1n) is 15.5. The molecule has 0 bridgehead atoms. The maximum atomic E-state index is 12.7. The van der Waals surface area contributed by atoms with Gasteiger partial charge in [-0.1, -0.05) is 102 Å². The van der Waals surface area contributed by atoms with Gasteiger partial charge in [-0.05, 0) is 85.0 Å². The Morgan fingerprint density at radius 1 is 0.585 bits per heavy atom. The van der Waals surface area contributed by atoms with Gasteiger partial charge in [0.25, 0.3) is 0 Å². The maximum Gasteiger partial charge on any atom is 0.343 e. The third-order valence-electron chi connectivity index (χ3n) is 7.17. The van der Waals surface area contributed by atoms with E-state index in [-0.39, 0.29) is 5.78 Å². The van der Waals surface area contributed by atoms with Crippen LogP contribution in [0, 0.1) is 0 Å². The van der Waals surface area contributed by atoms with Crippen LogP contribution in [-0.4, -0.2) is 18.4 Å². The number of ketones is 1. The fourth-order valence-electron chi connectivity index (χ4n) is 4.62. The quantitative estimate of drug-likeness (QED) is 0.0486. The second-order valence-electron chi connectivity index (χ2n) is 10.6. The molecule has 3 aromatic carbocycles. The van der Waals surface area contributed by atoms with E-state index in [2.05, 4.69) is 13.8 Å². The van der Waals surface area contributed by atoms with Crippen molar-refractivity contribution in [2.45, 2.75) is 90.9 Å². The SMILES string of the molecule is CCCCC/C=C/C(=O)c1ccc(OC(=O)c2ccc(-c3ccc(OCCCCCCCCCC)cc3)cc2)cc1. The van der Waals surface area contributed by atoms with Gasteiger partial charge in [-0.2, -0.15) is 0 Å². The third kappa shape index (κ3) is 11.8. The molecule has 0 N–H and O–H groups in total. The zero-order valence-corrected chi connectivity index (χ0v) is 24.9. The molecule has 4 heteroatoms. The summed E-state index contributed by atoms with van der Waals surface area (Å²) < 4.78 is 11.4. The summed E-state index contributed by atoms with van der Waals surface area (Å²) in [6.45, 7) is 5.16. The summed E-state index contributed by atoms with van der Waals surface area (Å²) in [4.78, 5) is 25.0. The first-order chi connectivity index (χ1) is 20.1. The number of hydrogen-bond acceptors (Lipinski definition) is 4. The van der Waals surface area contributed by atoms with Crippen molar-refractivity contribution in [1.82, 2.24) is 0 Å². The number of esters is 1. The van der Waals surface area contributed by atoms with Crippen LogP contribution >= 0.6 is 0 Å². The lowest BCUT2D eigenvalue weighted by molar-refractivity contribution is 0.0734. The molecule has 0 aliphatic rings. The van der Waals surface area contributed by atoms with Gasteiger partial charge in [0.15, 0.2) is 5.78 Å². The van der Waals surface area contributed by atoms with E-state index in [1.54, 1.807) is 42.5 Å². The predicted molar refractivity (Wildman–Crippen MR) is 169 cm³/mol. The van der Waals surface area contributed by atoms with Crippen LogP contribution in [0.15, 0.2) is 84.9 Å². The lowest BCUT2D eigenvalue weighted by atomic mass is 10.0. The molecule has 0 aromatic heterocycles. The number of carbonyl (C=O) groups excluding carboxylic acids is 2. The standard InChI is InChI=1S/C37H46O4/c1-3-5-7-9-10-11-13-15-29-40-34-25-21-31(22-26-34)30-17-19-33(20-18-30)37(39)41-35-27-23-32(24-28-35)36(38)16-14-12-8-6-4-2/h14,16-28H,3-13,15,29H2,1-2H3/b16-14+. The van der Waals surface area contributed by atoms with Gasteiger partial charge >= 0.3 is 5.97 Å². The van der Waals surface area contributed by atoms with Crippen LogP contribution in [-0.2, 0) is 0 Å². The Labute approximate surface area is 246 Å². The number of unbranched alkanes of at least 4 members (excludes halogenated alkanes) is 10. The number of allylic oxidation sites excluding steroid dienone is 2. The van der Waals surface area contributed by atoms with Gasteiger partial charge in [0, 0.05) is 5.56 Å². The van der Waals surface area contributed by atoms with Crippen molar-refractivity contribution in [2.75, 3.05) is 6.61 Å². The summed E-state index contributed by atoms with van der Waals surface area (Å²) in [5, 5.41) is 0. The van der Waals surface area contributed by atoms with Crippen LogP contribution < -0.4 is 9.47 Å². The largest absolute Gasteiger partial charge is 0.494 e. The highest BCUT2D eigenvalue weighted by Gasteiger charge is 2.10. The molecule has 0 fully saturated rings. The third-order valence-corrected chi connectivity index (χ3v) is 7.17. The highest BCUT2D eigenvalue weighted by atomic mass is 16.5. The fourth-order valence-corrected chi connectivity index (χ4v) is 4.62. The van der Waals surface area contributed by atoms with E-state index in [1.165, 1.54) is 51.4 Å². The highest BCUT2D eigenvalue weighted by Crippen LogP contribution is 2.24.